The maximum Gasteiger partial charge on any atom is 0.156 e. The Morgan fingerprint density at radius 1 is 0.857 bits per heavy atom. The highest BCUT2D eigenvalue weighted by Crippen LogP contribution is 2.31. The van der Waals surface area contributed by atoms with E-state index in [1.807, 2.05) is 0 Å². The zero-order valence-corrected chi connectivity index (χ0v) is 12.1. The van der Waals surface area contributed by atoms with E-state index in [-0.39, 0.29) is 0 Å². The number of rotatable bonds is 9. The maximum atomic E-state index is 6.76. The van der Waals surface area contributed by atoms with Gasteiger partial charge in [-0.1, -0.05) is 39.5 Å². The summed E-state index contributed by atoms with van der Waals surface area (Å²) in [4.78, 5) is 0. The largest absolute Gasteiger partial charge is 0.167 e. The summed E-state index contributed by atoms with van der Waals surface area (Å²) in [5.74, 6) is 0.778. The van der Waals surface area contributed by atoms with Gasteiger partial charge in [-0.15, -0.1) is 11.6 Å². The van der Waals surface area contributed by atoms with E-state index in [9.17, 15) is 0 Å². The highest BCUT2D eigenvalue weighted by atomic mass is 35.6. The van der Waals surface area contributed by atoms with Gasteiger partial charge in [-0.25, -0.2) is 0 Å². The average Bonchev–Trinajstić information content (AvgIpc) is 2.21. The van der Waals surface area contributed by atoms with Crippen LogP contribution in [0.2, 0.25) is 18.1 Å². The molecule has 0 heterocycles. The average molecular weight is 255 g/mol. The summed E-state index contributed by atoms with van der Waals surface area (Å²) < 4.78 is 0. The van der Waals surface area contributed by atoms with Crippen LogP contribution < -0.4 is 0 Å². The van der Waals surface area contributed by atoms with Crippen LogP contribution in [0.4, 0.5) is 0 Å². The van der Waals surface area contributed by atoms with E-state index in [1.165, 1.54) is 43.8 Å². The molecule has 0 saturated carbocycles. The highest BCUT2D eigenvalue weighted by molar-refractivity contribution is 7.20. The summed E-state index contributed by atoms with van der Waals surface area (Å²) >= 11 is 12.5. The second-order valence-electron chi connectivity index (χ2n) is 4.15. The number of halogens is 2. The Labute approximate surface area is 100 Å². The molecule has 0 rings (SSSR count). The van der Waals surface area contributed by atoms with Gasteiger partial charge in [-0.3, -0.25) is 0 Å². The minimum Gasteiger partial charge on any atom is -0.167 e. The van der Waals surface area contributed by atoms with Crippen molar-refractivity contribution in [2.75, 3.05) is 5.88 Å². The molecule has 0 radical (unpaired) electrons. The monoisotopic (exact) mass is 254 g/mol. The first-order chi connectivity index (χ1) is 6.68. The molecule has 0 bridgehead atoms. The van der Waals surface area contributed by atoms with Gasteiger partial charge in [0, 0.05) is 5.88 Å². The summed E-state index contributed by atoms with van der Waals surface area (Å²) in [5, 5.41) is 0. The van der Waals surface area contributed by atoms with Crippen LogP contribution in [0, 0.1) is 0 Å². The lowest BCUT2D eigenvalue weighted by molar-refractivity contribution is 0.826. The van der Waals surface area contributed by atoms with Gasteiger partial charge in [0.25, 0.3) is 0 Å². The molecule has 0 unspecified atom stereocenters. The fourth-order valence-electron chi connectivity index (χ4n) is 1.75. The topological polar surface area (TPSA) is 0 Å². The van der Waals surface area contributed by atoms with Crippen molar-refractivity contribution in [2.45, 2.75) is 64.1 Å². The van der Waals surface area contributed by atoms with E-state index >= 15 is 0 Å². The van der Waals surface area contributed by atoms with Crippen LogP contribution in [0.3, 0.4) is 0 Å². The van der Waals surface area contributed by atoms with Gasteiger partial charge in [0.2, 0.25) is 0 Å². The van der Waals surface area contributed by atoms with E-state index in [4.69, 9.17) is 22.7 Å². The van der Waals surface area contributed by atoms with E-state index in [2.05, 4.69) is 13.8 Å². The number of unbranched alkanes of at least 4 members (excludes halogenated alkanes) is 2. The van der Waals surface area contributed by atoms with Gasteiger partial charge in [-0.2, -0.15) is 11.1 Å². The van der Waals surface area contributed by atoms with Crippen molar-refractivity contribution in [3.05, 3.63) is 0 Å². The Kier molecular flexibility index (Phi) is 9.57. The Bertz CT molecular complexity index is 107. The van der Waals surface area contributed by atoms with Crippen molar-refractivity contribution in [1.82, 2.24) is 0 Å². The fraction of sp³-hybridized carbons (Fsp3) is 1.00. The molecular weight excluding hydrogens is 231 g/mol. The molecule has 0 aliphatic carbocycles. The van der Waals surface area contributed by atoms with Gasteiger partial charge < -0.3 is 0 Å². The molecule has 0 aliphatic rings. The molecule has 0 aromatic rings. The molecule has 0 spiro atoms. The SMILES string of the molecule is CCCC[Si](Cl)(CCCC)CCCCl. The van der Waals surface area contributed by atoms with Gasteiger partial charge in [-0.05, 0) is 24.6 Å². The van der Waals surface area contributed by atoms with Gasteiger partial charge in [0.05, 0.1) is 0 Å². The van der Waals surface area contributed by atoms with E-state index in [0.717, 1.165) is 12.3 Å². The summed E-state index contributed by atoms with van der Waals surface area (Å²) in [6.07, 6.45) is 6.27. The molecule has 0 fully saturated rings. The zero-order chi connectivity index (χ0) is 10.9. The van der Waals surface area contributed by atoms with Crippen molar-refractivity contribution in [2.24, 2.45) is 0 Å². The molecule has 0 aliphatic heterocycles. The van der Waals surface area contributed by atoms with Crippen LogP contribution in [0.1, 0.15) is 46.0 Å². The third-order valence-corrected chi connectivity index (χ3v) is 8.43. The minimum absolute atomic E-state index is 0.778. The molecule has 86 valence electrons. The van der Waals surface area contributed by atoms with Crippen molar-refractivity contribution in [3.63, 3.8) is 0 Å². The second kappa shape index (κ2) is 9.05. The predicted molar refractivity (Wildman–Crippen MR) is 71.2 cm³/mol. The summed E-state index contributed by atoms with van der Waals surface area (Å²) in [6.45, 7) is 4.49. The Balaban J connectivity index is 3.89. The normalized spacial score (nSPS) is 12.0. The van der Waals surface area contributed by atoms with Crippen molar-refractivity contribution in [1.29, 1.82) is 0 Å². The number of hydrogen-bond donors (Lipinski definition) is 0. The zero-order valence-electron chi connectivity index (χ0n) is 9.62. The number of alkyl halides is 1. The Morgan fingerprint density at radius 2 is 1.29 bits per heavy atom. The molecule has 0 nitrogen and oxygen atoms in total. The van der Waals surface area contributed by atoms with Crippen LogP contribution >= 0.6 is 22.7 Å². The molecular formula is C11H24Cl2Si. The molecule has 0 N–H and O–H groups in total. The molecule has 0 saturated heterocycles. The summed E-state index contributed by atoms with van der Waals surface area (Å²) in [6, 6.07) is 3.81. The van der Waals surface area contributed by atoms with Gasteiger partial charge in [0.15, 0.2) is 7.38 Å². The third-order valence-electron chi connectivity index (χ3n) is 2.72. The first-order valence-electron chi connectivity index (χ1n) is 5.93. The third kappa shape index (κ3) is 7.14. The predicted octanol–water partition coefficient (Wildman–Crippen LogP) is 5.40. The highest BCUT2D eigenvalue weighted by Gasteiger charge is 2.28. The standard InChI is InChI=1S/C11H24Cl2Si/c1-3-5-9-14(13,10-6-4-2)11-7-8-12/h3-11H2,1-2H3. The summed E-state index contributed by atoms with van der Waals surface area (Å²) in [5.41, 5.74) is 0. The van der Waals surface area contributed by atoms with Crippen LogP contribution in [0.25, 0.3) is 0 Å². The van der Waals surface area contributed by atoms with Crippen molar-refractivity contribution in [3.8, 4) is 0 Å². The van der Waals surface area contributed by atoms with Crippen molar-refractivity contribution < 1.29 is 0 Å². The smallest absolute Gasteiger partial charge is 0.156 e. The molecule has 3 heteroatoms. The molecule has 0 amide bonds. The Hall–Kier alpha value is 0.797. The lowest BCUT2D eigenvalue weighted by Gasteiger charge is -2.23. The second-order valence-corrected chi connectivity index (χ2v) is 10.7. The minimum atomic E-state index is -1.42. The molecule has 0 atom stereocenters. The Morgan fingerprint density at radius 3 is 1.64 bits per heavy atom. The van der Waals surface area contributed by atoms with Crippen molar-refractivity contribution >= 4 is 30.1 Å². The van der Waals surface area contributed by atoms with Crippen LogP contribution in [0.5, 0.6) is 0 Å². The lowest BCUT2D eigenvalue weighted by Crippen LogP contribution is -2.26. The van der Waals surface area contributed by atoms with Gasteiger partial charge >= 0.3 is 0 Å². The van der Waals surface area contributed by atoms with Crippen LogP contribution in [-0.2, 0) is 0 Å². The first-order valence-corrected chi connectivity index (χ1v) is 10.1. The van der Waals surface area contributed by atoms with Crippen LogP contribution in [0.15, 0.2) is 0 Å². The van der Waals surface area contributed by atoms with Crippen LogP contribution in [-0.4, -0.2) is 13.3 Å². The van der Waals surface area contributed by atoms with E-state index < -0.39 is 7.38 Å². The molecule has 0 aromatic carbocycles. The first kappa shape index (κ1) is 14.8. The van der Waals surface area contributed by atoms with Gasteiger partial charge in [0.1, 0.15) is 0 Å². The lowest BCUT2D eigenvalue weighted by atomic mass is 10.4. The maximum absolute atomic E-state index is 6.76. The fourth-order valence-corrected chi connectivity index (χ4v) is 6.84. The molecule has 14 heavy (non-hydrogen) atoms. The van der Waals surface area contributed by atoms with E-state index in [0.29, 0.717) is 0 Å². The van der Waals surface area contributed by atoms with E-state index in [1.54, 1.807) is 0 Å². The molecule has 0 aromatic heterocycles. The quantitative estimate of drug-likeness (QED) is 0.294. The summed E-state index contributed by atoms with van der Waals surface area (Å²) in [7, 11) is -1.42. The number of hydrogen-bond acceptors (Lipinski definition) is 0.